The third kappa shape index (κ3) is 4.01. The van der Waals surface area contributed by atoms with Crippen LogP contribution in [0, 0.1) is 15.9 Å². The van der Waals surface area contributed by atoms with Gasteiger partial charge in [0.05, 0.1) is 21.7 Å². The highest BCUT2D eigenvalue weighted by atomic mass is 32.2. The molecule has 0 aliphatic rings. The van der Waals surface area contributed by atoms with Crippen LogP contribution in [0.15, 0.2) is 78.0 Å². The van der Waals surface area contributed by atoms with Crippen LogP contribution >= 0.6 is 11.8 Å². The van der Waals surface area contributed by atoms with E-state index in [1.54, 1.807) is 0 Å². The van der Waals surface area contributed by atoms with E-state index >= 15 is 0 Å². The topological polar surface area (TPSA) is 90.1 Å². The normalized spacial score (nSPS) is 10.8. The molecule has 0 aliphatic carbocycles. The number of anilines is 1. The zero-order valence-electron chi connectivity index (χ0n) is 15.5. The minimum Gasteiger partial charge on any atom is -0.325 e. The first kappa shape index (κ1) is 19.6. The van der Waals surface area contributed by atoms with Crippen molar-refractivity contribution in [3.8, 4) is 5.69 Å². The number of imidazole rings is 1. The fraction of sp³-hybridized carbons (Fsp3) is 0.0476. The first-order valence-corrected chi connectivity index (χ1v) is 9.91. The number of amides is 1. The lowest BCUT2D eigenvalue weighted by Crippen LogP contribution is -2.14. The number of nitrogens with one attached hydrogen (secondary N) is 1. The molecule has 7 nitrogen and oxygen atoms in total. The van der Waals surface area contributed by atoms with Crippen LogP contribution in [0.25, 0.3) is 16.7 Å². The highest BCUT2D eigenvalue weighted by Gasteiger charge is 2.17. The number of fused-ring (bicyclic) bond motifs is 1. The SMILES string of the molecule is O=C(CSc1nc2ccccc2n1-c1ccccc1)Nc1ccc(F)c([N+](=O)[O-])c1. The van der Waals surface area contributed by atoms with Crippen molar-refractivity contribution < 1.29 is 14.1 Å². The molecule has 4 rings (SSSR count). The number of carbonyl (C=O) groups excluding carboxylic acids is 1. The smallest absolute Gasteiger partial charge is 0.306 e. The second-order valence-electron chi connectivity index (χ2n) is 6.31. The molecule has 0 spiro atoms. The van der Waals surface area contributed by atoms with Crippen LogP contribution in [0.5, 0.6) is 0 Å². The Morgan fingerprint density at radius 3 is 2.60 bits per heavy atom. The van der Waals surface area contributed by atoms with Crippen LogP contribution in [-0.2, 0) is 4.79 Å². The van der Waals surface area contributed by atoms with E-state index in [1.807, 2.05) is 59.2 Å². The summed E-state index contributed by atoms with van der Waals surface area (Å²) in [4.78, 5) is 27.0. The van der Waals surface area contributed by atoms with E-state index in [-0.39, 0.29) is 17.3 Å². The maximum absolute atomic E-state index is 13.5. The van der Waals surface area contributed by atoms with Gasteiger partial charge < -0.3 is 5.32 Å². The number of halogens is 1. The average Bonchev–Trinajstić information content (AvgIpc) is 3.12. The first-order chi connectivity index (χ1) is 14.5. The highest BCUT2D eigenvalue weighted by molar-refractivity contribution is 7.99. The quantitative estimate of drug-likeness (QED) is 0.274. The maximum Gasteiger partial charge on any atom is 0.306 e. The Morgan fingerprint density at radius 2 is 1.83 bits per heavy atom. The molecular formula is C21H15FN4O3S. The Labute approximate surface area is 174 Å². The summed E-state index contributed by atoms with van der Waals surface area (Å²) < 4.78 is 15.4. The van der Waals surface area contributed by atoms with Gasteiger partial charge >= 0.3 is 5.69 Å². The minimum atomic E-state index is -0.955. The Morgan fingerprint density at radius 1 is 1.10 bits per heavy atom. The number of para-hydroxylation sites is 3. The Hall–Kier alpha value is -3.72. The largest absolute Gasteiger partial charge is 0.325 e. The van der Waals surface area contributed by atoms with Gasteiger partial charge in [-0.25, -0.2) is 4.98 Å². The molecule has 1 aromatic heterocycles. The van der Waals surface area contributed by atoms with Gasteiger partial charge in [-0.05, 0) is 36.4 Å². The summed E-state index contributed by atoms with van der Waals surface area (Å²) >= 11 is 1.24. The van der Waals surface area contributed by atoms with E-state index in [0.717, 1.165) is 28.9 Å². The van der Waals surface area contributed by atoms with Crippen LogP contribution in [0.2, 0.25) is 0 Å². The predicted molar refractivity (Wildman–Crippen MR) is 113 cm³/mol. The van der Waals surface area contributed by atoms with Gasteiger partial charge in [-0.2, -0.15) is 4.39 Å². The molecule has 1 amide bonds. The van der Waals surface area contributed by atoms with Crippen molar-refractivity contribution in [1.29, 1.82) is 0 Å². The van der Waals surface area contributed by atoms with Crippen LogP contribution < -0.4 is 5.32 Å². The van der Waals surface area contributed by atoms with Crippen LogP contribution in [0.1, 0.15) is 0 Å². The summed E-state index contributed by atoms with van der Waals surface area (Å²) in [5.41, 5.74) is 2.11. The number of carbonyl (C=O) groups is 1. The van der Waals surface area contributed by atoms with Crippen molar-refractivity contribution in [3.63, 3.8) is 0 Å². The molecule has 0 fully saturated rings. The van der Waals surface area contributed by atoms with Crippen LogP contribution in [0.3, 0.4) is 0 Å². The van der Waals surface area contributed by atoms with Crippen molar-refractivity contribution in [3.05, 3.63) is 88.7 Å². The molecule has 0 saturated heterocycles. The van der Waals surface area contributed by atoms with Gasteiger partial charge in [0, 0.05) is 17.4 Å². The highest BCUT2D eigenvalue weighted by Crippen LogP contribution is 2.28. The number of thioether (sulfide) groups is 1. The fourth-order valence-electron chi connectivity index (χ4n) is 2.98. The molecule has 4 aromatic rings. The predicted octanol–water partition coefficient (Wildman–Crippen LogP) is 4.80. The van der Waals surface area contributed by atoms with Gasteiger partial charge in [-0.3, -0.25) is 19.5 Å². The lowest BCUT2D eigenvalue weighted by molar-refractivity contribution is -0.387. The van der Waals surface area contributed by atoms with Crippen molar-refractivity contribution >= 4 is 40.1 Å². The van der Waals surface area contributed by atoms with E-state index in [4.69, 9.17) is 0 Å². The van der Waals surface area contributed by atoms with Gasteiger partial charge in [0.1, 0.15) is 0 Å². The van der Waals surface area contributed by atoms with Gasteiger partial charge in [-0.15, -0.1) is 0 Å². The summed E-state index contributed by atoms with van der Waals surface area (Å²) in [6.45, 7) is 0. The molecule has 1 N–H and O–H groups in total. The van der Waals surface area contributed by atoms with Crippen LogP contribution in [0.4, 0.5) is 15.8 Å². The molecule has 0 unspecified atom stereocenters. The van der Waals surface area contributed by atoms with E-state index in [2.05, 4.69) is 10.3 Å². The van der Waals surface area contributed by atoms with E-state index in [1.165, 1.54) is 17.8 Å². The van der Waals surface area contributed by atoms with Gasteiger partial charge in [0.15, 0.2) is 5.16 Å². The molecule has 0 bridgehead atoms. The molecular weight excluding hydrogens is 407 g/mol. The van der Waals surface area contributed by atoms with Gasteiger partial charge in [0.2, 0.25) is 11.7 Å². The Kier molecular flexibility index (Phi) is 5.44. The standard InChI is InChI=1S/C21H15FN4O3S/c22-16-11-10-14(12-19(16)26(28)29)23-20(27)13-30-21-24-17-8-4-5-9-18(17)25(21)15-6-2-1-3-7-15/h1-12H,13H2,(H,23,27). The zero-order chi connectivity index (χ0) is 21.1. The number of rotatable bonds is 6. The Bertz CT molecular complexity index is 1240. The van der Waals surface area contributed by atoms with E-state index in [0.29, 0.717) is 5.16 Å². The lowest BCUT2D eigenvalue weighted by atomic mass is 10.2. The number of aromatic nitrogens is 2. The number of nitrogens with zero attached hydrogens (tertiary/aromatic N) is 3. The Balaban J connectivity index is 1.55. The number of nitro benzene ring substituents is 1. The molecule has 1 heterocycles. The number of nitro groups is 1. The number of benzene rings is 3. The molecule has 3 aromatic carbocycles. The monoisotopic (exact) mass is 422 g/mol. The first-order valence-electron chi connectivity index (χ1n) is 8.92. The summed E-state index contributed by atoms with van der Waals surface area (Å²) in [5, 5.41) is 14.1. The molecule has 0 aliphatic heterocycles. The van der Waals surface area contributed by atoms with E-state index in [9.17, 15) is 19.3 Å². The summed E-state index contributed by atoms with van der Waals surface area (Å²) in [5.74, 6) is -1.31. The van der Waals surface area contributed by atoms with Gasteiger partial charge in [-0.1, -0.05) is 42.1 Å². The third-order valence-corrected chi connectivity index (χ3v) is 5.24. The maximum atomic E-state index is 13.5. The van der Waals surface area contributed by atoms with Crippen molar-refractivity contribution in [2.75, 3.05) is 11.1 Å². The summed E-state index contributed by atoms with van der Waals surface area (Å²) in [6, 6.07) is 20.6. The molecule has 0 saturated carbocycles. The van der Waals surface area contributed by atoms with Crippen molar-refractivity contribution in [1.82, 2.24) is 9.55 Å². The van der Waals surface area contributed by atoms with Crippen molar-refractivity contribution in [2.45, 2.75) is 5.16 Å². The van der Waals surface area contributed by atoms with Gasteiger partial charge in [0.25, 0.3) is 0 Å². The number of hydrogen-bond acceptors (Lipinski definition) is 5. The second-order valence-corrected chi connectivity index (χ2v) is 7.26. The fourth-order valence-corrected chi connectivity index (χ4v) is 3.81. The minimum absolute atomic E-state index is 0.0291. The average molecular weight is 422 g/mol. The van der Waals surface area contributed by atoms with Crippen molar-refractivity contribution in [2.24, 2.45) is 0 Å². The third-order valence-electron chi connectivity index (χ3n) is 4.30. The second kappa shape index (κ2) is 8.34. The summed E-state index contributed by atoms with van der Waals surface area (Å²) in [7, 11) is 0. The van der Waals surface area contributed by atoms with E-state index < -0.39 is 16.4 Å². The molecule has 30 heavy (non-hydrogen) atoms. The molecule has 0 atom stereocenters. The summed E-state index contributed by atoms with van der Waals surface area (Å²) in [6.07, 6.45) is 0. The van der Waals surface area contributed by atoms with Crippen LogP contribution in [-0.4, -0.2) is 26.1 Å². The zero-order valence-corrected chi connectivity index (χ0v) is 16.3. The molecule has 0 radical (unpaired) electrons. The molecule has 9 heteroatoms. The number of hydrogen-bond donors (Lipinski definition) is 1. The molecule has 150 valence electrons. The lowest BCUT2D eigenvalue weighted by Gasteiger charge is -2.09.